The van der Waals surface area contributed by atoms with Gasteiger partial charge in [-0.15, -0.1) is 0 Å². The normalized spacial score (nSPS) is 18.9. The zero-order chi connectivity index (χ0) is 10.8. The van der Waals surface area contributed by atoms with Crippen LogP contribution in [0.5, 0.6) is 5.75 Å². The molecule has 1 aromatic heterocycles. The number of aryl methyl sites for hydroxylation is 1. The molecule has 0 radical (unpaired) electrons. The Kier molecular flexibility index (Phi) is 2.37. The van der Waals surface area contributed by atoms with Crippen LogP contribution in [0.3, 0.4) is 0 Å². The molecule has 0 bridgehead atoms. The van der Waals surface area contributed by atoms with Gasteiger partial charge in [0.05, 0.1) is 0 Å². The fraction of sp³-hybridized carbons (Fsp3) is 0.308. The van der Waals surface area contributed by atoms with E-state index in [-0.39, 0.29) is 6.10 Å². The van der Waals surface area contributed by atoms with Crippen molar-refractivity contribution in [2.75, 3.05) is 0 Å². The van der Waals surface area contributed by atoms with Gasteiger partial charge in [-0.3, -0.25) is 0 Å². The van der Waals surface area contributed by atoms with Crippen molar-refractivity contribution in [2.24, 2.45) is 0 Å². The Hall–Kier alpha value is -1.77. The quantitative estimate of drug-likeness (QED) is 0.833. The highest BCUT2D eigenvalue weighted by molar-refractivity contribution is 5.35. The van der Waals surface area contributed by atoms with Crippen molar-refractivity contribution >= 4 is 0 Å². The second kappa shape index (κ2) is 4.00. The van der Waals surface area contributed by atoms with Gasteiger partial charge < -0.3 is 9.72 Å². The second-order valence-electron chi connectivity index (χ2n) is 4.13. The highest BCUT2D eigenvalue weighted by Gasteiger charge is 2.20. The van der Waals surface area contributed by atoms with E-state index in [1.807, 2.05) is 18.3 Å². The van der Waals surface area contributed by atoms with Gasteiger partial charge in [-0.2, -0.15) is 0 Å². The summed E-state index contributed by atoms with van der Waals surface area (Å²) in [7, 11) is 0. The number of aromatic amines is 1. The Labute approximate surface area is 94.5 Å². The molecule has 82 valence electrons. The van der Waals surface area contributed by atoms with Gasteiger partial charge >= 0.3 is 0 Å². The lowest BCUT2D eigenvalue weighted by Crippen LogP contribution is -2.25. The van der Waals surface area contributed by atoms with Crippen LogP contribution in [0.1, 0.15) is 17.8 Å². The van der Waals surface area contributed by atoms with Crippen LogP contribution < -0.4 is 4.74 Å². The second-order valence-corrected chi connectivity index (χ2v) is 4.13. The Balaban J connectivity index is 1.73. The van der Waals surface area contributed by atoms with Crippen LogP contribution in [0.4, 0.5) is 0 Å². The SMILES string of the molecule is c1ccc2c(c1)CCC(Cc1ncc[nH]1)O2. The highest BCUT2D eigenvalue weighted by Crippen LogP contribution is 2.27. The van der Waals surface area contributed by atoms with E-state index in [1.165, 1.54) is 5.56 Å². The molecule has 1 aliphatic heterocycles. The molecule has 1 aromatic carbocycles. The first kappa shape index (κ1) is 9.46. The summed E-state index contributed by atoms with van der Waals surface area (Å²) >= 11 is 0. The van der Waals surface area contributed by atoms with Crippen LogP contribution in [0.2, 0.25) is 0 Å². The first-order chi connectivity index (χ1) is 7.92. The van der Waals surface area contributed by atoms with Crippen LogP contribution >= 0.6 is 0 Å². The molecule has 0 amide bonds. The number of para-hydroxylation sites is 1. The summed E-state index contributed by atoms with van der Waals surface area (Å²) < 4.78 is 5.95. The maximum atomic E-state index is 5.95. The molecular weight excluding hydrogens is 200 g/mol. The average molecular weight is 214 g/mol. The van der Waals surface area contributed by atoms with Crippen molar-refractivity contribution in [1.82, 2.24) is 9.97 Å². The Morgan fingerprint density at radius 1 is 1.38 bits per heavy atom. The lowest BCUT2D eigenvalue weighted by atomic mass is 10.0. The number of ether oxygens (including phenoxy) is 1. The number of rotatable bonds is 2. The minimum Gasteiger partial charge on any atom is -0.490 e. The van der Waals surface area contributed by atoms with Crippen LogP contribution in [0, 0.1) is 0 Å². The number of imidazole rings is 1. The van der Waals surface area contributed by atoms with E-state index in [0.717, 1.165) is 30.8 Å². The van der Waals surface area contributed by atoms with Gasteiger partial charge in [0.1, 0.15) is 17.7 Å². The van der Waals surface area contributed by atoms with Gasteiger partial charge in [-0.25, -0.2) is 4.98 Å². The molecule has 2 aromatic rings. The number of nitrogens with zero attached hydrogens (tertiary/aromatic N) is 1. The molecule has 0 fully saturated rings. The Morgan fingerprint density at radius 2 is 2.31 bits per heavy atom. The molecular formula is C13H14N2O. The first-order valence-corrected chi connectivity index (χ1v) is 5.64. The van der Waals surface area contributed by atoms with Crippen molar-refractivity contribution in [1.29, 1.82) is 0 Å². The summed E-state index contributed by atoms with van der Waals surface area (Å²) in [6.07, 6.45) is 6.92. The number of aromatic nitrogens is 2. The topological polar surface area (TPSA) is 37.9 Å². The maximum Gasteiger partial charge on any atom is 0.122 e. The number of H-pyrrole nitrogens is 1. The zero-order valence-corrected chi connectivity index (χ0v) is 9.02. The molecule has 1 aliphatic rings. The van der Waals surface area contributed by atoms with Gasteiger partial charge in [0.2, 0.25) is 0 Å². The summed E-state index contributed by atoms with van der Waals surface area (Å²) in [5.74, 6) is 2.04. The van der Waals surface area contributed by atoms with E-state index in [9.17, 15) is 0 Å². The minimum atomic E-state index is 0.251. The van der Waals surface area contributed by atoms with Gasteiger partial charge in [0.25, 0.3) is 0 Å². The molecule has 0 saturated carbocycles. The molecule has 1 unspecified atom stereocenters. The van der Waals surface area contributed by atoms with Crippen molar-refractivity contribution in [3.05, 3.63) is 48.0 Å². The maximum absolute atomic E-state index is 5.95. The van der Waals surface area contributed by atoms with Gasteiger partial charge in [-0.05, 0) is 24.5 Å². The van der Waals surface area contributed by atoms with E-state index in [0.29, 0.717) is 0 Å². The monoisotopic (exact) mass is 214 g/mol. The van der Waals surface area contributed by atoms with Crippen molar-refractivity contribution < 1.29 is 4.74 Å². The molecule has 3 nitrogen and oxygen atoms in total. The van der Waals surface area contributed by atoms with Crippen molar-refractivity contribution in [3.63, 3.8) is 0 Å². The predicted molar refractivity (Wildman–Crippen MR) is 61.5 cm³/mol. The Morgan fingerprint density at radius 3 is 3.19 bits per heavy atom. The fourth-order valence-corrected chi connectivity index (χ4v) is 2.15. The first-order valence-electron chi connectivity index (χ1n) is 5.64. The third-order valence-electron chi connectivity index (χ3n) is 2.98. The van der Waals surface area contributed by atoms with Crippen molar-refractivity contribution in [3.8, 4) is 5.75 Å². The summed E-state index contributed by atoms with van der Waals surface area (Å²) in [6.45, 7) is 0. The zero-order valence-electron chi connectivity index (χ0n) is 9.02. The fourth-order valence-electron chi connectivity index (χ4n) is 2.15. The summed E-state index contributed by atoms with van der Waals surface area (Å²) in [4.78, 5) is 7.35. The molecule has 1 N–H and O–H groups in total. The third kappa shape index (κ3) is 1.81. The van der Waals surface area contributed by atoms with Crippen LogP contribution in [-0.4, -0.2) is 16.1 Å². The van der Waals surface area contributed by atoms with E-state index in [2.05, 4.69) is 22.1 Å². The van der Waals surface area contributed by atoms with E-state index < -0.39 is 0 Å². The molecule has 2 heterocycles. The summed E-state index contributed by atoms with van der Waals surface area (Å²) in [5.41, 5.74) is 1.32. The van der Waals surface area contributed by atoms with E-state index in [4.69, 9.17) is 4.74 Å². The van der Waals surface area contributed by atoms with Gasteiger partial charge in [-0.1, -0.05) is 18.2 Å². The van der Waals surface area contributed by atoms with Gasteiger partial charge in [0, 0.05) is 18.8 Å². The molecule has 0 aliphatic carbocycles. The predicted octanol–water partition coefficient (Wildman–Crippen LogP) is 2.35. The van der Waals surface area contributed by atoms with Crippen molar-refractivity contribution in [2.45, 2.75) is 25.4 Å². The molecule has 0 spiro atoms. The minimum absolute atomic E-state index is 0.251. The molecule has 3 heteroatoms. The van der Waals surface area contributed by atoms with Crippen LogP contribution in [0.25, 0.3) is 0 Å². The Bertz CT molecular complexity index is 465. The number of benzene rings is 1. The molecule has 3 rings (SSSR count). The van der Waals surface area contributed by atoms with Gasteiger partial charge in [0.15, 0.2) is 0 Å². The lowest BCUT2D eigenvalue weighted by molar-refractivity contribution is 0.171. The molecule has 0 saturated heterocycles. The van der Waals surface area contributed by atoms with Crippen LogP contribution in [0.15, 0.2) is 36.7 Å². The lowest BCUT2D eigenvalue weighted by Gasteiger charge is -2.25. The largest absolute Gasteiger partial charge is 0.490 e. The molecule has 16 heavy (non-hydrogen) atoms. The third-order valence-corrected chi connectivity index (χ3v) is 2.98. The number of fused-ring (bicyclic) bond motifs is 1. The van der Waals surface area contributed by atoms with E-state index in [1.54, 1.807) is 6.20 Å². The standard InChI is InChI=1S/C13H14N2O/c1-2-4-12-10(3-1)5-6-11(16-12)9-13-14-7-8-15-13/h1-4,7-8,11H,5-6,9H2,(H,14,15). The number of hydrogen-bond donors (Lipinski definition) is 1. The summed E-state index contributed by atoms with van der Waals surface area (Å²) in [6, 6.07) is 8.27. The highest BCUT2D eigenvalue weighted by atomic mass is 16.5. The van der Waals surface area contributed by atoms with Crippen LogP contribution in [-0.2, 0) is 12.8 Å². The number of nitrogens with one attached hydrogen (secondary N) is 1. The van der Waals surface area contributed by atoms with E-state index >= 15 is 0 Å². The molecule has 1 atom stereocenters. The average Bonchev–Trinajstić information content (AvgIpc) is 2.82. The number of hydrogen-bond acceptors (Lipinski definition) is 2. The smallest absolute Gasteiger partial charge is 0.122 e. The summed E-state index contributed by atoms with van der Waals surface area (Å²) in [5, 5.41) is 0.